The van der Waals surface area contributed by atoms with Gasteiger partial charge in [0.1, 0.15) is 146 Å². The van der Waals surface area contributed by atoms with E-state index >= 15 is 0 Å². The van der Waals surface area contributed by atoms with Gasteiger partial charge in [0.2, 0.25) is 0 Å². The van der Waals surface area contributed by atoms with Crippen LogP contribution < -0.4 is 0 Å². The number of aliphatic hydroxyl groups is 21. The molecule has 6 fully saturated rings. The molecule has 113 heavy (non-hydrogen) atoms. The molecule has 6 heterocycles. The Morgan fingerprint density at radius 2 is 0.460 bits per heavy atom. The van der Waals surface area contributed by atoms with Gasteiger partial charge in [0.05, 0.1) is 131 Å². The highest BCUT2D eigenvalue weighted by atomic mass is 16.8. The first-order valence-electron chi connectivity index (χ1n) is 40.0. The fourth-order valence-corrected chi connectivity index (χ4v) is 13.6. The summed E-state index contributed by atoms with van der Waals surface area (Å²) in [5, 5.41) is 230. The van der Waals surface area contributed by atoms with Gasteiger partial charge in [-0.05, 0) is 25.7 Å². The molecule has 6 aliphatic heterocycles. The summed E-state index contributed by atoms with van der Waals surface area (Å²) in [5.41, 5.74) is -2.07. The van der Waals surface area contributed by atoms with E-state index in [1.165, 1.54) is 0 Å². The molecule has 6 aliphatic rings. The van der Waals surface area contributed by atoms with E-state index in [0.29, 0.717) is 52.9 Å². The van der Waals surface area contributed by atoms with Crippen LogP contribution in [0.4, 0.5) is 0 Å². The second-order valence-electron chi connectivity index (χ2n) is 30.3. The maximum Gasteiger partial charge on any atom is 0.187 e. The van der Waals surface area contributed by atoms with Crippen LogP contribution in [0.1, 0.15) is 105 Å². The highest BCUT2D eigenvalue weighted by molar-refractivity contribution is 4.99. The maximum atomic E-state index is 12.0. The van der Waals surface area contributed by atoms with Gasteiger partial charge in [0, 0.05) is 44.2 Å². The van der Waals surface area contributed by atoms with E-state index in [1.807, 2.05) is 0 Å². The van der Waals surface area contributed by atoms with Crippen molar-refractivity contribution in [1.29, 1.82) is 0 Å². The van der Waals surface area contributed by atoms with Crippen molar-refractivity contribution in [3.63, 3.8) is 0 Å². The molecular formula is C73H136O40. The van der Waals surface area contributed by atoms with Crippen LogP contribution in [0.15, 0.2) is 0 Å². The quantitative estimate of drug-likeness (QED) is 0.0252. The molecule has 0 saturated carbocycles. The molecule has 30 atom stereocenters. The minimum Gasteiger partial charge on any atom is -0.394 e. The zero-order chi connectivity index (χ0) is 82.7. The highest BCUT2D eigenvalue weighted by Gasteiger charge is 2.56. The lowest BCUT2D eigenvalue weighted by Gasteiger charge is -2.47. The summed E-state index contributed by atoms with van der Waals surface area (Å²) in [6.07, 6.45) is -46.2. The predicted octanol–water partition coefficient (Wildman–Crippen LogP) is -7.38. The van der Waals surface area contributed by atoms with Crippen LogP contribution in [-0.2, 0) is 90.0 Å². The predicted molar refractivity (Wildman–Crippen MR) is 384 cm³/mol. The molecule has 6 saturated heterocycles. The Bertz CT molecular complexity index is 2170. The van der Waals surface area contributed by atoms with Crippen LogP contribution in [0.3, 0.4) is 0 Å². The third-order valence-electron chi connectivity index (χ3n) is 20.7. The van der Waals surface area contributed by atoms with Gasteiger partial charge < -0.3 is 197 Å². The Morgan fingerprint density at radius 1 is 0.239 bits per heavy atom. The SMILES string of the molecule is CCCCCOCC(COCCCCC)COCC(COCC(COCCCCC)COCCCCC)COCC(CO[C@@H]1OC(CO)[C@@H](O[C@H]2OC(CO)[C@@H](O)C(O)C2O)C(O)C1O)(CO[C@@H]1OC(CO)[C@@H](O[C@H]2OC(CO)[C@@H](O)C(O)C2O)C(O)C1O)CO[C@@H]1OC(CO)[C@H](O[C@H]2OC(CO)[C@@H](O)C(O)C2O)C(O)C1O. The van der Waals surface area contributed by atoms with Crippen molar-refractivity contribution >= 4 is 0 Å². The Balaban J connectivity index is 1.39. The van der Waals surface area contributed by atoms with E-state index in [2.05, 4.69) is 27.7 Å². The van der Waals surface area contributed by atoms with Gasteiger partial charge >= 0.3 is 0 Å². The van der Waals surface area contributed by atoms with Crippen LogP contribution in [0, 0.1) is 23.2 Å². The molecule has 0 aromatic heterocycles. The van der Waals surface area contributed by atoms with Crippen molar-refractivity contribution in [2.24, 2.45) is 23.2 Å². The van der Waals surface area contributed by atoms with Crippen molar-refractivity contribution in [1.82, 2.24) is 0 Å². The van der Waals surface area contributed by atoms with Gasteiger partial charge in [-0.2, -0.15) is 0 Å². The zero-order valence-electron chi connectivity index (χ0n) is 65.4. The minimum absolute atomic E-state index is 0.0247. The van der Waals surface area contributed by atoms with Gasteiger partial charge in [-0.1, -0.05) is 79.1 Å². The minimum atomic E-state index is -2.19. The van der Waals surface area contributed by atoms with Crippen molar-refractivity contribution in [2.45, 2.75) is 289 Å². The van der Waals surface area contributed by atoms with Crippen LogP contribution in [0.5, 0.6) is 0 Å². The fourth-order valence-electron chi connectivity index (χ4n) is 13.6. The molecule has 0 aliphatic carbocycles. The Hall–Kier alpha value is -1.60. The van der Waals surface area contributed by atoms with Gasteiger partial charge in [0.25, 0.3) is 0 Å². The van der Waals surface area contributed by atoms with E-state index < -0.39 is 262 Å². The van der Waals surface area contributed by atoms with Crippen LogP contribution in [0.25, 0.3) is 0 Å². The van der Waals surface area contributed by atoms with Gasteiger partial charge in [0.15, 0.2) is 37.7 Å². The number of aliphatic hydroxyl groups excluding tert-OH is 21. The van der Waals surface area contributed by atoms with Crippen molar-refractivity contribution in [3.05, 3.63) is 0 Å². The lowest BCUT2D eigenvalue weighted by molar-refractivity contribution is -0.370. The maximum absolute atomic E-state index is 12.0. The molecule has 0 bridgehead atoms. The summed E-state index contributed by atoms with van der Waals surface area (Å²) in [5.74, 6) is -1.11. The lowest BCUT2D eigenvalue weighted by Crippen LogP contribution is -2.65. The average Bonchev–Trinajstić information content (AvgIpc) is 0.789. The lowest BCUT2D eigenvalue weighted by atomic mass is 9.91. The Morgan fingerprint density at radius 3 is 0.699 bits per heavy atom. The normalized spacial score (nSPS) is 37.3. The highest BCUT2D eigenvalue weighted by Crippen LogP contribution is 2.37. The fraction of sp³-hybridized carbons (Fsp3) is 1.00. The molecule has 40 nitrogen and oxygen atoms in total. The van der Waals surface area contributed by atoms with E-state index in [1.54, 1.807) is 0 Å². The second-order valence-corrected chi connectivity index (χ2v) is 30.3. The molecule has 0 aromatic carbocycles. The summed E-state index contributed by atoms with van der Waals surface area (Å²) < 4.78 is 115. The van der Waals surface area contributed by atoms with Crippen LogP contribution in [-0.4, -0.2) is 443 Å². The van der Waals surface area contributed by atoms with Crippen molar-refractivity contribution < 1.29 is 197 Å². The Labute approximate surface area is 659 Å². The third kappa shape index (κ3) is 30.2. The van der Waals surface area contributed by atoms with E-state index in [9.17, 15) is 107 Å². The van der Waals surface area contributed by atoms with E-state index in [-0.39, 0.29) is 44.9 Å². The topological polar surface area (TPSA) is 600 Å². The molecule has 21 N–H and O–H groups in total. The molecule has 668 valence electrons. The summed E-state index contributed by atoms with van der Waals surface area (Å²) in [6, 6.07) is 0. The van der Waals surface area contributed by atoms with E-state index in [0.717, 1.165) is 77.0 Å². The summed E-state index contributed by atoms with van der Waals surface area (Å²) in [7, 11) is 0. The Kier molecular flexibility index (Phi) is 47.3. The molecule has 6 rings (SSSR count). The van der Waals surface area contributed by atoms with Crippen molar-refractivity contribution in [2.75, 3.05) is 152 Å². The van der Waals surface area contributed by atoms with Crippen molar-refractivity contribution in [3.8, 4) is 0 Å². The number of hydrogen-bond donors (Lipinski definition) is 21. The van der Waals surface area contributed by atoms with Gasteiger partial charge in [-0.15, -0.1) is 0 Å². The van der Waals surface area contributed by atoms with Gasteiger partial charge in [-0.3, -0.25) is 0 Å². The van der Waals surface area contributed by atoms with E-state index in [4.69, 9.17) is 90.0 Å². The summed E-state index contributed by atoms with van der Waals surface area (Å²) >= 11 is 0. The molecule has 0 aromatic rings. The standard InChI is InChI=1S/C73H136O40/c1-5-9-13-17-95-27-40(28-96-18-14-10-6-2)31-99-33-42(34-100-32-41(29-97-19-15-11-7-3)30-98-20-16-12-8-4)35-101-36-73(37-102-67-61(92)55(86)64(46(24-77)108-67)111-70-58(89)52(83)49(80)43(21-74)105-70,38-103-68-62(93)56(87)65(47(25-78)109-68)112-71-59(90)53(84)50(81)44(22-75)106-71)39-104-69-63(94)57(88)66(48(26-79)110-69)113-72-60(91)54(85)51(82)45(23-76)107-72/h40-72,74-94H,5-39H2,1-4H3/t43?,44?,45?,46?,47?,48?,49-,50-,51-,52?,53?,54?,55?,56?,57?,58?,59?,60?,61?,62?,63?,64-,65-,66+,67-,68-,69-,70-,71-,72-,73?/m1/s1. The first-order valence-corrected chi connectivity index (χ1v) is 40.0. The largest absolute Gasteiger partial charge is 0.394 e. The molecular weight excluding hydrogens is 1520 g/mol. The summed E-state index contributed by atoms with van der Waals surface area (Å²) in [4.78, 5) is 0. The molecule has 18 unspecified atom stereocenters. The number of unbranched alkanes of at least 4 members (excludes halogenated alkanes) is 8. The van der Waals surface area contributed by atoms with Gasteiger partial charge in [-0.25, -0.2) is 0 Å². The molecule has 40 heteroatoms. The number of hydrogen-bond acceptors (Lipinski definition) is 40. The molecule has 0 spiro atoms. The van der Waals surface area contributed by atoms with Crippen LogP contribution >= 0.6 is 0 Å². The first-order chi connectivity index (χ1) is 54.3. The smallest absolute Gasteiger partial charge is 0.187 e. The molecule has 0 amide bonds. The molecule has 0 radical (unpaired) electrons. The summed E-state index contributed by atoms with van der Waals surface area (Å²) in [6.45, 7) is 2.70. The number of rotatable bonds is 57. The monoisotopic (exact) mass is 1650 g/mol. The first kappa shape index (κ1) is 100. The number of ether oxygens (including phenoxy) is 19. The third-order valence-corrected chi connectivity index (χ3v) is 20.7. The zero-order valence-corrected chi connectivity index (χ0v) is 65.4. The second kappa shape index (κ2) is 53.3. The average molecular weight is 1650 g/mol. The van der Waals surface area contributed by atoms with Crippen LogP contribution in [0.2, 0.25) is 0 Å².